The molecule has 5 nitrogen and oxygen atoms in total. The van der Waals surface area contributed by atoms with Crippen molar-refractivity contribution in [2.45, 2.75) is 19.8 Å². The number of carbonyl (C=O) groups excluding carboxylic acids is 1. The Morgan fingerprint density at radius 2 is 1.85 bits per heavy atom. The molecule has 0 N–H and O–H groups in total. The zero-order valence-corrected chi connectivity index (χ0v) is 16.1. The van der Waals surface area contributed by atoms with Gasteiger partial charge < -0.3 is 14.0 Å². The fraction of sp³-hybridized carbons (Fsp3) is 0.364. The lowest BCUT2D eigenvalue weighted by Gasteiger charge is -2.16. The van der Waals surface area contributed by atoms with Gasteiger partial charge in [0.25, 0.3) is 11.5 Å². The Balaban J connectivity index is 1.62. The van der Waals surface area contributed by atoms with Gasteiger partial charge in [0.05, 0.1) is 16.5 Å². The van der Waals surface area contributed by atoms with Gasteiger partial charge >= 0.3 is 0 Å². The van der Waals surface area contributed by atoms with E-state index in [2.05, 4.69) is 24.3 Å². The number of fused-ring (bicyclic) bond motifs is 1. The van der Waals surface area contributed by atoms with E-state index in [0.717, 1.165) is 37.0 Å². The third-order valence-corrected chi connectivity index (χ3v) is 5.65. The van der Waals surface area contributed by atoms with Crippen LogP contribution in [0.3, 0.4) is 0 Å². The van der Waals surface area contributed by atoms with Crippen LogP contribution in [-0.4, -0.2) is 33.0 Å². The highest BCUT2D eigenvalue weighted by Crippen LogP contribution is 2.26. The van der Waals surface area contributed by atoms with Crippen molar-refractivity contribution in [2.24, 2.45) is 20.0 Å². The predicted octanol–water partition coefficient (Wildman–Crippen LogP) is 2.89. The fourth-order valence-corrected chi connectivity index (χ4v) is 4.37. The Kier molecular flexibility index (Phi) is 4.38. The fourth-order valence-electron chi connectivity index (χ4n) is 4.37. The monoisotopic (exact) mass is 363 g/mol. The topological polar surface area (TPSA) is 47.2 Å². The molecule has 1 aromatic carbocycles. The first-order chi connectivity index (χ1) is 13.0. The summed E-state index contributed by atoms with van der Waals surface area (Å²) >= 11 is 0. The van der Waals surface area contributed by atoms with Crippen LogP contribution in [0.25, 0.3) is 10.9 Å². The van der Waals surface area contributed by atoms with E-state index in [1.165, 1.54) is 5.56 Å². The minimum Gasteiger partial charge on any atom is -0.349 e. The molecule has 0 aliphatic carbocycles. The number of aromatic nitrogens is 2. The number of nitrogens with zero attached hydrogens (tertiary/aromatic N) is 3. The molecule has 1 aliphatic heterocycles. The number of rotatable bonds is 3. The molecule has 4 rings (SSSR count). The highest BCUT2D eigenvalue weighted by Gasteiger charge is 2.29. The van der Waals surface area contributed by atoms with E-state index in [9.17, 15) is 9.59 Å². The van der Waals surface area contributed by atoms with E-state index in [1.807, 2.05) is 41.9 Å². The summed E-state index contributed by atoms with van der Waals surface area (Å²) in [6.45, 7) is 3.47. The van der Waals surface area contributed by atoms with Gasteiger partial charge in [0, 0.05) is 39.6 Å². The molecule has 3 aromatic rings. The molecule has 0 bridgehead atoms. The van der Waals surface area contributed by atoms with Gasteiger partial charge in [-0.15, -0.1) is 0 Å². The third-order valence-electron chi connectivity index (χ3n) is 5.65. The maximum Gasteiger partial charge on any atom is 0.260 e. The van der Waals surface area contributed by atoms with Crippen LogP contribution in [0.4, 0.5) is 0 Å². The van der Waals surface area contributed by atoms with Crippen LogP contribution in [0.5, 0.6) is 0 Å². The first kappa shape index (κ1) is 17.6. The molecule has 1 saturated heterocycles. The normalized spacial score (nSPS) is 17.0. The van der Waals surface area contributed by atoms with E-state index in [1.54, 1.807) is 11.6 Å². The molecule has 1 fully saturated rings. The number of hydrogen-bond donors (Lipinski definition) is 0. The average molecular weight is 363 g/mol. The molecule has 0 radical (unpaired) electrons. The number of pyridine rings is 1. The summed E-state index contributed by atoms with van der Waals surface area (Å²) in [4.78, 5) is 27.8. The van der Waals surface area contributed by atoms with Crippen LogP contribution in [0.15, 0.2) is 47.5 Å². The molecule has 5 heteroatoms. The minimum atomic E-state index is -0.111. The van der Waals surface area contributed by atoms with Crippen molar-refractivity contribution in [2.75, 3.05) is 13.1 Å². The second kappa shape index (κ2) is 6.72. The van der Waals surface area contributed by atoms with Crippen molar-refractivity contribution >= 4 is 16.8 Å². The number of likely N-dealkylation sites (tertiary alicyclic amines) is 1. The molecular formula is C22H25N3O2. The summed E-state index contributed by atoms with van der Waals surface area (Å²) in [7, 11) is 3.63. The van der Waals surface area contributed by atoms with Crippen LogP contribution in [0, 0.1) is 12.8 Å². The third kappa shape index (κ3) is 3.07. The number of hydrogen-bond acceptors (Lipinski definition) is 2. The molecule has 2 aromatic heterocycles. The smallest absolute Gasteiger partial charge is 0.260 e. The molecule has 27 heavy (non-hydrogen) atoms. The molecule has 0 spiro atoms. The SMILES string of the molecule is Cc1cn(C)c(=O)c2c(C(=O)N3CCC(Cc4ccccc4)C3)cn(C)c12. The Morgan fingerprint density at radius 1 is 1.11 bits per heavy atom. The zero-order valence-electron chi connectivity index (χ0n) is 16.1. The van der Waals surface area contributed by atoms with Gasteiger partial charge in [-0.2, -0.15) is 0 Å². The van der Waals surface area contributed by atoms with E-state index < -0.39 is 0 Å². The molecular weight excluding hydrogens is 338 g/mol. The molecule has 1 aliphatic rings. The second-order valence-corrected chi connectivity index (χ2v) is 7.70. The van der Waals surface area contributed by atoms with Crippen molar-refractivity contribution in [1.82, 2.24) is 14.0 Å². The predicted molar refractivity (Wildman–Crippen MR) is 107 cm³/mol. The molecule has 3 heterocycles. The summed E-state index contributed by atoms with van der Waals surface area (Å²) < 4.78 is 3.47. The van der Waals surface area contributed by atoms with Gasteiger partial charge in [0.15, 0.2) is 0 Å². The highest BCUT2D eigenvalue weighted by atomic mass is 16.2. The summed E-state index contributed by atoms with van der Waals surface area (Å²) in [5, 5.41) is 0.538. The Hall–Kier alpha value is -2.82. The Bertz CT molecular complexity index is 1060. The van der Waals surface area contributed by atoms with Crippen molar-refractivity contribution < 1.29 is 4.79 Å². The van der Waals surface area contributed by atoms with Crippen LogP contribution in [-0.2, 0) is 20.5 Å². The van der Waals surface area contributed by atoms with Gasteiger partial charge in [-0.1, -0.05) is 30.3 Å². The van der Waals surface area contributed by atoms with Crippen LogP contribution < -0.4 is 5.56 Å². The molecule has 1 amide bonds. The number of aryl methyl sites for hydroxylation is 3. The van der Waals surface area contributed by atoms with Crippen molar-refractivity contribution in [3.8, 4) is 0 Å². The maximum atomic E-state index is 13.2. The van der Waals surface area contributed by atoms with E-state index >= 15 is 0 Å². The Morgan fingerprint density at radius 3 is 2.59 bits per heavy atom. The standard InChI is InChI=1S/C22H25N3O2/c1-15-12-24(3)22(27)19-18(14-23(2)20(15)19)21(26)25-10-9-17(13-25)11-16-7-5-4-6-8-16/h4-8,12,14,17H,9-11,13H2,1-3H3. The minimum absolute atomic E-state index is 0.0288. The van der Waals surface area contributed by atoms with Gasteiger partial charge in [-0.05, 0) is 36.8 Å². The highest BCUT2D eigenvalue weighted by molar-refractivity contribution is 6.07. The van der Waals surface area contributed by atoms with Gasteiger partial charge in [-0.3, -0.25) is 9.59 Å². The largest absolute Gasteiger partial charge is 0.349 e. The summed E-state index contributed by atoms with van der Waals surface area (Å²) in [6.07, 6.45) is 5.63. The molecule has 140 valence electrons. The molecule has 1 atom stereocenters. The van der Waals surface area contributed by atoms with Gasteiger partial charge in [0.2, 0.25) is 0 Å². The second-order valence-electron chi connectivity index (χ2n) is 7.70. The number of benzene rings is 1. The Labute approximate surface area is 158 Å². The summed E-state index contributed by atoms with van der Waals surface area (Å²) in [6, 6.07) is 10.4. The number of carbonyl (C=O) groups is 1. The zero-order chi connectivity index (χ0) is 19.1. The number of amides is 1. The van der Waals surface area contributed by atoms with E-state index in [-0.39, 0.29) is 11.5 Å². The van der Waals surface area contributed by atoms with Crippen molar-refractivity contribution in [3.05, 3.63) is 69.8 Å². The van der Waals surface area contributed by atoms with E-state index in [4.69, 9.17) is 0 Å². The van der Waals surface area contributed by atoms with Crippen LogP contribution in [0.1, 0.15) is 27.9 Å². The lowest BCUT2D eigenvalue weighted by atomic mass is 9.99. The van der Waals surface area contributed by atoms with Crippen LogP contribution >= 0.6 is 0 Å². The van der Waals surface area contributed by atoms with Crippen molar-refractivity contribution in [1.29, 1.82) is 0 Å². The van der Waals surface area contributed by atoms with E-state index in [0.29, 0.717) is 16.9 Å². The first-order valence-corrected chi connectivity index (χ1v) is 9.44. The molecule has 0 saturated carbocycles. The lowest BCUT2D eigenvalue weighted by molar-refractivity contribution is 0.0788. The van der Waals surface area contributed by atoms with Crippen LogP contribution in [0.2, 0.25) is 0 Å². The van der Waals surface area contributed by atoms with Gasteiger partial charge in [0.1, 0.15) is 0 Å². The maximum absolute atomic E-state index is 13.2. The molecule has 1 unspecified atom stereocenters. The summed E-state index contributed by atoms with van der Waals surface area (Å²) in [5.74, 6) is 0.440. The quantitative estimate of drug-likeness (QED) is 0.718. The average Bonchev–Trinajstić information content (AvgIpc) is 3.25. The summed E-state index contributed by atoms with van der Waals surface area (Å²) in [5.41, 5.74) is 3.57. The lowest BCUT2D eigenvalue weighted by Crippen LogP contribution is -2.30. The first-order valence-electron chi connectivity index (χ1n) is 9.44. The van der Waals surface area contributed by atoms with Crippen molar-refractivity contribution in [3.63, 3.8) is 0 Å². The van der Waals surface area contributed by atoms with Gasteiger partial charge in [-0.25, -0.2) is 0 Å².